The van der Waals surface area contributed by atoms with Crippen molar-refractivity contribution in [2.45, 2.75) is 6.92 Å². The Morgan fingerprint density at radius 1 is 1.00 bits per heavy atom. The number of nitrogens with one attached hydrogen (secondary N) is 1. The van der Waals surface area contributed by atoms with Gasteiger partial charge in [-0.25, -0.2) is 0 Å². The molecule has 6 heteroatoms. The number of hydrogen-bond donors (Lipinski definition) is 1. The SMILES string of the molecule is Cc1ccc2cccc(NC(=O)c3ccc(-c4ccc(Cl)c(Cl)c4)o3)c2n1. The number of benzene rings is 2. The minimum atomic E-state index is -0.350. The maximum absolute atomic E-state index is 12.6. The molecule has 0 fully saturated rings. The van der Waals surface area contributed by atoms with Crippen LogP contribution in [0, 0.1) is 6.92 Å². The Kier molecular flexibility index (Phi) is 4.60. The first-order valence-corrected chi connectivity index (χ1v) is 9.00. The predicted molar refractivity (Wildman–Crippen MR) is 109 cm³/mol. The molecule has 1 amide bonds. The normalized spacial score (nSPS) is 10.9. The zero-order chi connectivity index (χ0) is 19.0. The molecule has 0 aliphatic carbocycles. The molecule has 0 spiro atoms. The largest absolute Gasteiger partial charge is 0.451 e. The molecule has 0 aliphatic heterocycles. The van der Waals surface area contributed by atoms with Crippen LogP contribution in [0.3, 0.4) is 0 Å². The third kappa shape index (κ3) is 3.54. The Morgan fingerprint density at radius 3 is 2.67 bits per heavy atom. The maximum atomic E-state index is 12.6. The van der Waals surface area contributed by atoms with E-state index < -0.39 is 0 Å². The summed E-state index contributed by atoms with van der Waals surface area (Å²) >= 11 is 12.0. The lowest BCUT2D eigenvalue weighted by Crippen LogP contribution is -2.11. The zero-order valence-corrected chi connectivity index (χ0v) is 15.8. The van der Waals surface area contributed by atoms with Gasteiger partial charge in [-0.1, -0.05) is 41.4 Å². The van der Waals surface area contributed by atoms with E-state index in [9.17, 15) is 4.79 Å². The monoisotopic (exact) mass is 396 g/mol. The number of para-hydroxylation sites is 1. The van der Waals surface area contributed by atoms with Gasteiger partial charge in [-0.05, 0) is 49.4 Å². The minimum absolute atomic E-state index is 0.195. The second-order valence-corrected chi connectivity index (χ2v) is 6.89. The lowest BCUT2D eigenvalue weighted by molar-refractivity contribution is 0.0997. The molecule has 1 N–H and O–H groups in total. The van der Waals surface area contributed by atoms with Gasteiger partial charge in [0.25, 0.3) is 5.91 Å². The van der Waals surface area contributed by atoms with Gasteiger partial charge in [-0.2, -0.15) is 0 Å². The molecule has 0 radical (unpaired) electrons. The fraction of sp³-hybridized carbons (Fsp3) is 0.0476. The predicted octanol–water partition coefficient (Wildman–Crippen LogP) is 6.36. The first-order valence-electron chi connectivity index (χ1n) is 8.24. The number of carbonyl (C=O) groups is 1. The molecule has 0 atom stereocenters. The van der Waals surface area contributed by atoms with Gasteiger partial charge in [-0.15, -0.1) is 0 Å². The highest BCUT2D eigenvalue weighted by molar-refractivity contribution is 6.42. The van der Waals surface area contributed by atoms with E-state index in [2.05, 4.69) is 10.3 Å². The molecule has 134 valence electrons. The summed E-state index contributed by atoms with van der Waals surface area (Å²) in [7, 11) is 0. The Balaban J connectivity index is 1.62. The minimum Gasteiger partial charge on any atom is -0.451 e. The number of carbonyl (C=O) groups excluding carboxylic acids is 1. The third-order valence-electron chi connectivity index (χ3n) is 4.14. The van der Waals surface area contributed by atoms with Crippen LogP contribution in [0.15, 0.2) is 65.1 Å². The zero-order valence-electron chi connectivity index (χ0n) is 14.3. The molecule has 4 rings (SSSR count). The summed E-state index contributed by atoms with van der Waals surface area (Å²) in [6.45, 7) is 1.91. The Labute approximate surface area is 165 Å². The van der Waals surface area contributed by atoms with Crippen LogP contribution in [-0.4, -0.2) is 10.9 Å². The van der Waals surface area contributed by atoms with Gasteiger partial charge in [0.2, 0.25) is 0 Å². The van der Waals surface area contributed by atoms with Gasteiger partial charge in [0.05, 0.1) is 21.2 Å². The van der Waals surface area contributed by atoms with Gasteiger partial charge in [0, 0.05) is 16.6 Å². The van der Waals surface area contributed by atoms with Gasteiger partial charge in [-0.3, -0.25) is 9.78 Å². The van der Waals surface area contributed by atoms with Crippen molar-refractivity contribution in [2.75, 3.05) is 5.32 Å². The maximum Gasteiger partial charge on any atom is 0.291 e. The second-order valence-electron chi connectivity index (χ2n) is 6.08. The highest BCUT2D eigenvalue weighted by Crippen LogP contribution is 2.30. The molecule has 0 saturated heterocycles. The van der Waals surface area contributed by atoms with E-state index in [1.54, 1.807) is 30.3 Å². The van der Waals surface area contributed by atoms with E-state index in [1.165, 1.54) is 0 Å². The lowest BCUT2D eigenvalue weighted by atomic mass is 10.1. The highest BCUT2D eigenvalue weighted by Gasteiger charge is 2.15. The van der Waals surface area contributed by atoms with E-state index in [0.717, 1.165) is 22.2 Å². The molecular weight excluding hydrogens is 383 g/mol. The van der Waals surface area contributed by atoms with E-state index in [-0.39, 0.29) is 11.7 Å². The molecule has 2 aromatic heterocycles. The Hall–Kier alpha value is -2.82. The lowest BCUT2D eigenvalue weighted by Gasteiger charge is -2.07. The summed E-state index contributed by atoms with van der Waals surface area (Å²) in [5.41, 5.74) is 2.99. The van der Waals surface area contributed by atoms with E-state index in [1.807, 2.05) is 37.3 Å². The fourth-order valence-corrected chi connectivity index (χ4v) is 3.09. The summed E-state index contributed by atoms with van der Waals surface area (Å²) in [6, 6.07) is 18.1. The topological polar surface area (TPSA) is 55.1 Å². The molecular formula is C21H14Cl2N2O2. The fourth-order valence-electron chi connectivity index (χ4n) is 2.79. The molecule has 0 unspecified atom stereocenters. The molecule has 0 bridgehead atoms. The van der Waals surface area contributed by atoms with Crippen molar-refractivity contribution >= 4 is 45.7 Å². The van der Waals surface area contributed by atoms with Crippen LogP contribution in [0.4, 0.5) is 5.69 Å². The number of hydrogen-bond acceptors (Lipinski definition) is 3. The number of furan rings is 1. The smallest absolute Gasteiger partial charge is 0.291 e. The van der Waals surface area contributed by atoms with Gasteiger partial charge in [0.1, 0.15) is 5.76 Å². The number of halogens is 2. The van der Waals surface area contributed by atoms with Crippen LogP contribution in [-0.2, 0) is 0 Å². The Bertz CT molecular complexity index is 1170. The Morgan fingerprint density at radius 2 is 1.85 bits per heavy atom. The molecule has 2 aromatic carbocycles. The van der Waals surface area contributed by atoms with E-state index in [0.29, 0.717) is 21.5 Å². The van der Waals surface area contributed by atoms with Gasteiger partial charge in [0.15, 0.2) is 5.76 Å². The number of amides is 1. The first-order chi connectivity index (χ1) is 13.0. The molecule has 4 aromatic rings. The van der Waals surface area contributed by atoms with E-state index in [4.69, 9.17) is 27.6 Å². The third-order valence-corrected chi connectivity index (χ3v) is 4.88. The quantitative estimate of drug-likeness (QED) is 0.438. The molecule has 2 heterocycles. The van der Waals surface area contributed by atoms with Crippen molar-refractivity contribution in [3.8, 4) is 11.3 Å². The van der Waals surface area contributed by atoms with E-state index >= 15 is 0 Å². The van der Waals surface area contributed by atoms with Crippen molar-refractivity contribution in [1.82, 2.24) is 4.98 Å². The van der Waals surface area contributed by atoms with Crippen LogP contribution in [0.5, 0.6) is 0 Å². The van der Waals surface area contributed by atoms with Gasteiger partial charge < -0.3 is 9.73 Å². The van der Waals surface area contributed by atoms with Crippen LogP contribution in [0.2, 0.25) is 10.0 Å². The average molecular weight is 397 g/mol. The first kappa shape index (κ1) is 17.6. The van der Waals surface area contributed by atoms with Crippen LogP contribution in [0.1, 0.15) is 16.2 Å². The summed E-state index contributed by atoms with van der Waals surface area (Å²) in [6.07, 6.45) is 0. The number of rotatable bonds is 3. The number of nitrogens with zero attached hydrogens (tertiary/aromatic N) is 1. The van der Waals surface area contributed by atoms with Crippen molar-refractivity contribution in [3.05, 3.63) is 82.2 Å². The summed E-state index contributed by atoms with van der Waals surface area (Å²) in [5, 5.41) is 4.71. The average Bonchev–Trinajstić information content (AvgIpc) is 3.15. The number of pyridine rings is 1. The van der Waals surface area contributed by atoms with Crippen molar-refractivity contribution in [2.24, 2.45) is 0 Å². The summed E-state index contributed by atoms with van der Waals surface area (Å²) < 4.78 is 5.70. The van der Waals surface area contributed by atoms with Crippen LogP contribution >= 0.6 is 23.2 Å². The summed E-state index contributed by atoms with van der Waals surface area (Å²) in [4.78, 5) is 17.1. The standard InChI is InChI=1S/C21H14Cl2N2O2/c1-12-5-6-13-3-2-4-17(20(13)24-12)25-21(26)19-10-9-18(27-19)14-7-8-15(22)16(23)11-14/h2-11H,1H3,(H,25,26). The molecule has 0 aliphatic rings. The number of anilines is 1. The number of fused-ring (bicyclic) bond motifs is 1. The van der Waals surface area contributed by atoms with Crippen LogP contribution < -0.4 is 5.32 Å². The summed E-state index contributed by atoms with van der Waals surface area (Å²) in [5.74, 6) is 0.378. The molecule has 4 nitrogen and oxygen atoms in total. The van der Waals surface area contributed by atoms with Crippen LogP contribution in [0.25, 0.3) is 22.2 Å². The number of aromatic nitrogens is 1. The molecule has 0 saturated carbocycles. The van der Waals surface area contributed by atoms with Crippen molar-refractivity contribution in [3.63, 3.8) is 0 Å². The van der Waals surface area contributed by atoms with Gasteiger partial charge >= 0.3 is 0 Å². The number of aryl methyl sites for hydroxylation is 1. The second kappa shape index (κ2) is 7.06. The van der Waals surface area contributed by atoms with Crippen molar-refractivity contribution < 1.29 is 9.21 Å². The highest BCUT2D eigenvalue weighted by atomic mass is 35.5. The molecule has 27 heavy (non-hydrogen) atoms. The van der Waals surface area contributed by atoms with Crippen molar-refractivity contribution in [1.29, 1.82) is 0 Å².